The molecule has 2 aliphatic carbocycles. The number of fused-ring (bicyclic) bond motifs is 2. The molecule has 0 aromatic rings. The van der Waals surface area contributed by atoms with E-state index in [1.54, 1.807) is 0 Å². The zero-order valence-corrected chi connectivity index (χ0v) is 12.7. The number of rotatable bonds is 6. The molecule has 0 N–H and O–H groups in total. The van der Waals surface area contributed by atoms with E-state index in [0.717, 1.165) is 38.0 Å². The van der Waals surface area contributed by atoms with Crippen LogP contribution in [0.25, 0.3) is 0 Å². The smallest absolute Gasteiger partial charge is 0.305 e. The molecule has 4 nitrogen and oxygen atoms in total. The lowest BCUT2D eigenvalue weighted by Crippen LogP contribution is -2.20. The van der Waals surface area contributed by atoms with Crippen LogP contribution in [0.15, 0.2) is 0 Å². The predicted octanol–water partition coefficient (Wildman–Crippen LogP) is 2.83. The highest BCUT2D eigenvalue weighted by Gasteiger charge is 2.44. The summed E-state index contributed by atoms with van der Waals surface area (Å²) < 4.78 is 16.5. The number of carbonyl (C=O) groups is 1. The van der Waals surface area contributed by atoms with Crippen molar-refractivity contribution in [3.8, 4) is 0 Å². The van der Waals surface area contributed by atoms with Crippen LogP contribution in [0.2, 0.25) is 0 Å². The van der Waals surface area contributed by atoms with Gasteiger partial charge >= 0.3 is 5.97 Å². The Morgan fingerprint density at radius 3 is 2.29 bits per heavy atom. The minimum absolute atomic E-state index is 0.00908. The van der Waals surface area contributed by atoms with Crippen molar-refractivity contribution in [1.29, 1.82) is 0 Å². The molecule has 0 radical (unpaired) electrons. The zero-order valence-electron chi connectivity index (χ0n) is 12.7. The molecule has 0 aromatic carbocycles. The normalized spacial score (nSPS) is 43.6. The molecule has 4 fully saturated rings. The molecule has 6 atom stereocenters. The van der Waals surface area contributed by atoms with Crippen molar-refractivity contribution in [2.45, 2.75) is 82.2 Å². The molecule has 6 unspecified atom stereocenters. The topological polar surface area (TPSA) is 51.4 Å². The number of epoxide rings is 2. The Hall–Kier alpha value is -0.610. The molecular formula is C17H26O4. The van der Waals surface area contributed by atoms with E-state index in [2.05, 4.69) is 0 Å². The van der Waals surface area contributed by atoms with Crippen LogP contribution in [0.1, 0.15) is 57.8 Å². The number of hydrogen-bond acceptors (Lipinski definition) is 4. The third-order valence-electron chi connectivity index (χ3n) is 5.70. The lowest BCUT2D eigenvalue weighted by atomic mass is 9.86. The maximum Gasteiger partial charge on any atom is 0.305 e. The van der Waals surface area contributed by atoms with Crippen LogP contribution < -0.4 is 0 Å². The van der Waals surface area contributed by atoms with Gasteiger partial charge in [-0.15, -0.1) is 0 Å². The molecule has 0 bridgehead atoms. The first-order valence-electron chi connectivity index (χ1n) is 8.74. The molecule has 2 saturated carbocycles. The highest BCUT2D eigenvalue weighted by molar-refractivity contribution is 5.69. The van der Waals surface area contributed by atoms with Gasteiger partial charge in [0, 0.05) is 6.42 Å². The summed E-state index contributed by atoms with van der Waals surface area (Å²) >= 11 is 0. The van der Waals surface area contributed by atoms with Crippen LogP contribution in [0.5, 0.6) is 0 Å². The van der Waals surface area contributed by atoms with Crippen molar-refractivity contribution in [3.63, 3.8) is 0 Å². The molecule has 2 aliphatic heterocycles. The van der Waals surface area contributed by atoms with E-state index in [1.807, 2.05) is 0 Å². The monoisotopic (exact) mass is 294 g/mol. The van der Waals surface area contributed by atoms with Gasteiger partial charge in [0.2, 0.25) is 0 Å². The van der Waals surface area contributed by atoms with Crippen LogP contribution >= 0.6 is 0 Å². The molecule has 0 spiro atoms. The summed E-state index contributed by atoms with van der Waals surface area (Å²) in [6.07, 6.45) is 12.0. The van der Waals surface area contributed by atoms with E-state index in [1.165, 1.54) is 19.3 Å². The fourth-order valence-corrected chi connectivity index (χ4v) is 4.21. The second kappa shape index (κ2) is 5.88. The maximum absolute atomic E-state index is 11.8. The van der Waals surface area contributed by atoms with Gasteiger partial charge in [-0.1, -0.05) is 0 Å². The number of carbonyl (C=O) groups excluding carboxylic acids is 1. The first kappa shape index (κ1) is 14.0. The van der Waals surface area contributed by atoms with E-state index in [9.17, 15) is 4.79 Å². The molecule has 4 heteroatoms. The van der Waals surface area contributed by atoms with Crippen molar-refractivity contribution in [3.05, 3.63) is 0 Å². The molecule has 21 heavy (non-hydrogen) atoms. The lowest BCUT2D eigenvalue weighted by molar-refractivity contribution is -0.145. The van der Waals surface area contributed by atoms with E-state index < -0.39 is 0 Å². The van der Waals surface area contributed by atoms with Gasteiger partial charge in [0.15, 0.2) is 0 Å². The first-order valence-corrected chi connectivity index (χ1v) is 8.74. The SMILES string of the molecule is O=C(CCCC1CCC2OC2C1)OCC1CCC2OC2C1. The second-order valence-corrected chi connectivity index (χ2v) is 7.36. The summed E-state index contributed by atoms with van der Waals surface area (Å²) in [5, 5.41) is 0. The Labute approximate surface area is 126 Å². The number of ether oxygens (including phenoxy) is 3. The van der Waals surface area contributed by atoms with Crippen molar-refractivity contribution in [1.82, 2.24) is 0 Å². The predicted molar refractivity (Wildman–Crippen MR) is 76.8 cm³/mol. The fourth-order valence-electron chi connectivity index (χ4n) is 4.21. The van der Waals surface area contributed by atoms with Crippen molar-refractivity contribution >= 4 is 5.97 Å². The van der Waals surface area contributed by atoms with E-state index in [-0.39, 0.29) is 5.97 Å². The molecule has 2 heterocycles. The van der Waals surface area contributed by atoms with Gasteiger partial charge in [-0.05, 0) is 63.2 Å². The second-order valence-electron chi connectivity index (χ2n) is 7.36. The summed E-state index contributed by atoms with van der Waals surface area (Å²) in [4.78, 5) is 11.8. The van der Waals surface area contributed by atoms with E-state index in [0.29, 0.717) is 43.4 Å². The summed E-state index contributed by atoms with van der Waals surface area (Å²) in [5.41, 5.74) is 0. The molecule has 0 amide bonds. The molecule has 118 valence electrons. The Bertz CT molecular complexity index is 396. The Morgan fingerprint density at radius 2 is 1.57 bits per heavy atom. The Balaban J connectivity index is 1.07. The lowest BCUT2D eigenvalue weighted by Gasteiger charge is -2.19. The first-order chi connectivity index (χ1) is 10.3. The average Bonchev–Trinajstić information content (AvgIpc) is 3.37. The van der Waals surface area contributed by atoms with E-state index >= 15 is 0 Å². The summed E-state index contributed by atoms with van der Waals surface area (Å²) in [7, 11) is 0. The third-order valence-corrected chi connectivity index (χ3v) is 5.70. The average molecular weight is 294 g/mol. The van der Waals surface area contributed by atoms with Crippen LogP contribution in [0, 0.1) is 11.8 Å². The standard InChI is InChI=1S/C17H26O4/c18-17(19-10-12-5-7-14-16(9-12)21-14)3-1-2-11-4-6-13-15(8-11)20-13/h11-16H,1-10H2. The molecular weight excluding hydrogens is 268 g/mol. The summed E-state index contributed by atoms with van der Waals surface area (Å²) in [6.45, 7) is 0.604. The van der Waals surface area contributed by atoms with Gasteiger partial charge in [-0.25, -0.2) is 0 Å². The Morgan fingerprint density at radius 1 is 0.905 bits per heavy atom. The molecule has 2 saturated heterocycles. The third kappa shape index (κ3) is 3.59. The van der Waals surface area contributed by atoms with Gasteiger partial charge in [0.25, 0.3) is 0 Å². The quantitative estimate of drug-likeness (QED) is 0.558. The summed E-state index contributed by atoms with van der Waals surface area (Å²) in [5.74, 6) is 1.29. The molecule has 4 aliphatic rings. The van der Waals surface area contributed by atoms with Gasteiger partial charge in [-0.3, -0.25) is 4.79 Å². The van der Waals surface area contributed by atoms with Crippen molar-refractivity contribution in [2.75, 3.05) is 6.61 Å². The maximum atomic E-state index is 11.8. The minimum atomic E-state index is -0.00908. The number of esters is 1. The highest BCUT2D eigenvalue weighted by Crippen LogP contribution is 2.41. The fraction of sp³-hybridized carbons (Fsp3) is 0.941. The van der Waals surface area contributed by atoms with Crippen LogP contribution in [0.4, 0.5) is 0 Å². The molecule has 4 rings (SSSR count). The highest BCUT2D eigenvalue weighted by atomic mass is 16.6. The van der Waals surface area contributed by atoms with Gasteiger partial charge in [-0.2, -0.15) is 0 Å². The zero-order chi connectivity index (χ0) is 14.2. The van der Waals surface area contributed by atoms with Crippen LogP contribution in [-0.2, 0) is 19.0 Å². The van der Waals surface area contributed by atoms with Crippen molar-refractivity contribution in [2.24, 2.45) is 11.8 Å². The van der Waals surface area contributed by atoms with E-state index in [4.69, 9.17) is 14.2 Å². The minimum Gasteiger partial charge on any atom is -0.465 e. The van der Waals surface area contributed by atoms with Crippen molar-refractivity contribution < 1.29 is 19.0 Å². The van der Waals surface area contributed by atoms with Gasteiger partial charge < -0.3 is 14.2 Å². The molecule has 0 aromatic heterocycles. The van der Waals surface area contributed by atoms with Gasteiger partial charge in [0.1, 0.15) is 0 Å². The Kier molecular flexibility index (Phi) is 3.92. The van der Waals surface area contributed by atoms with Crippen LogP contribution in [-0.4, -0.2) is 37.0 Å². The van der Waals surface area contributed by atoms with Gasteiger partial charge in [0.05, 0.1) is 31.0 Å². The number of hydrogen-bond donors (Lipinski definition) is 0. The van der Waals surface area contributed by atoms with Crippen LogP contribution in [0.3, 0.4) is 0 Å². The largest absolute Gasteiger partial charge is 0.465 e. The summed E-state index contributed by atoms with van der Waals surface area (Å²) in [6, 6.07) is 0.